The summed E-state index contributed by atoms with van der Waals surface area (Å²) in [7, 11) is 0. The highest BCUT2D eigenvalue weighted by Gasteiger charge is 2.21. The first-order chi connectivity index (χ1) is 23.9. The molecule has 0 spiro atoms. The van der Waals surface area contributed by atoms with Gasteiger partial charge in [-0.25, -0.2) is 0 Å². The van der Waals surface area contributed by atoms with E-state index < -0.39 is 0 Å². The summed E-state index contributed by atoms with van der Waals surface area (Å²) < 4.78 is 2.39. The molecule has 0 saturated heterocycles. The Morgan fingerprint density at radius 3 is 1.73 bits per heavy atom. The van der Waals surface area contributed by atoms with Gasteiger partial charge in [-0.3, -0.25) is 4.98 Å². The van der Waals surface area contributed by atoms with Crippen molar-refractivity contribution in [3.8, 4) is 27.9 Å². The summed E-state index contributed by atoms with van der Waals surface area (Å²) in [6.07, 6.45) is 1.87. The van der Waals surface area contributed by atoms with Crippen LogP contribution in [0.4, 0.5) is 0 Å². The Balaban J connectivity index is 1.23. The number of aromatic nitrogens is 2. The number of nitrogens with zero attached hydrogens (tertiary/aromatic N) is 2. The van der Waals surface area contributed by atoms with Crippen LogP contribution in [0.1, 0.15) is 26.3 Å². The molecule has 2 nitrogen and oxygen atoms in total. The van der Waals surface area contributed by atoms with Crippen LogP contribution in [0, 0.1) is 0 Å². The predicted molar refractivity (Wildman–Crippen MR) is 209 cm³/mol. The molecule has 0 aliphatic carbocycles. The van der Waals surface area contributed by atoms with Crippen LogP contribution in [0.5, 0.6) is 0 Å². The average Bonchev–Trinajstić information content (AvgIpc) is 3.47. The first kappa shape index (κ1) is 28.1. The summed E-state index contributed by atoms with van der Waals surface area (Å²) >= 11 is 0. The molecule has 0 radical (unpaired) electrons. The minimum atomic E-state index is 0.0675. The smallest absolute Gasteiger partial charge is 0.0702 e. The summed E-state index contributed by atoms with van der Waals surface area (Å²) in [6, 6.07) is 54.0. The zero-order valence-corrected chi connectivity index (χ0v) is 27.8. The maximum absolute atomic E-state index is 4.60. The Labute approximate surface area is 285 Å². The molecule has 0 fully saturated rings. The Morgan fingerprint density at radius 2 is 1.08 bits per heavy atom. The molecule has 232 valence electrons. The van der Waals surface area contributed by atoms with E-state index in [2.05, 4.69) is 170 Å². The van der Waals surface area contributed by atoms with Gasteiger partial charge in [-0.05, 0) is 114 Å². The Morgan fingerprint density at radius 1 is 0.469 bits per heavy atom. The van der Waals surface area contributed by atoms with E-state index in [-0.39, 0.29) is 5.41 Å². The molecule has 0 amide bonds. The van der Waals surface area contributed by atoms with E-state index in [9.17, 15) is 0 Å². The first-order valence-electron chi connectivity index (χ1n) is 17.1. The number of para-hydroxylation sites is 2. The monoisotopic (exact) mass is 626 g/mol. The van der Waals surface area contributed by atoms with Gasteiger partial charge in [0.25, 0.3) is 0 Å². The molecule has 0 atom stereocenters. The molecule has 0 N–H and O–H groups in total. The second kappa shape index (κ2) is 10.3. The third-order valence-electron chi connectivity index (χ3n) is 10.5. The van der Waals surface area contributed by atoms with E-state index in [4.69, 9.17) is 0 Å². The van der Waals surface area contributed by atoms with Crippen molar-refractivity contribution in [2.45, 2.75) is 26.2 Å². The molecule has 2 aromatic heterocycles. The van der Waals surface area contributed by atoms with Crippen molar-refractivity contribution in [2.75, 3.05) is 0 Å². The number of pyridine rings is 1. The predicted octanol–water partition coefficient (Wildman–Crippen LogP) is 12.9. The molecule has 2 heteroatoms. The number of rotatable bonds is 3. The lowest BCUT2D eigenvalue weighted by molar-refractivity contribution is 0.591. The summed E-state index contributed by atoms with van der Waals surface area (Å²) in [5.74, 6) is 0. The van der Waals surface area contributed by atoms with Crippen LogP contribution in [0.2, 0.25) is 0 Å². The second-order valence-electron chi connectivity index (χ2n) is 14.4. The van der Waals surface area contributed by atoms with Gasteiger partial charge in [-0.1, -0.05) is 118 Å². The molecule has 0 aliphatic heterocycles. The van der Waals surface area contributed by atoms with Crippen molar-refractivity contribution in [1.82, 2.24) is 9.55 Å². The maximum atomic E-state index is 4.60. The fourth-order valence-electron chi connectivity index (χ4n) is 8.06. The molecule has 0 bridgehead atoms. The largest absolute Gasteiger partial charge is 0.309 e. The van der Waals surface area contributed by atoms with Crippen molar-refractivity contribution >= 4 is 65.0 Å². The van der Waals surface area contributed by atoms with Gasteiger partial charge >= 0.3 is 0 Å². The number of benzene rings is 8. The molecule has 10 aromatic rings. The van der Waals surface area contributed by atoms with E-state index in [1.54, 1.807) is 0 Å². The molecule has 10 rings (SSSR count). The van der Waals surface area contributed by atoms with E-state index in [0.29, 0.717) is 0 Å². The van der Waals surface area contributed by atoms with Gasteiger partial charge in [-0.15, -0.1) is 0 Å². The molecule has 0 saturated carbocycles. The standard InChI is InChI=1S/C47H34N2/c1-47(2,3)34-26-32-16-21-38-40(29-14-19-35(20-15-29)49-43-12-6-4-10-36(43)37-11-5-7-13-44(37)49)28-41(39-22-17-33(27-34)45(32)46(38)39)30-18-23-42-31(25-30)9-8-24-48-42/h4-28H,1-3H3. The highest BCUT2D eigenvalue weighted by molar-refractivity contribution is 6.28. The first-order valence-corrected chi connectivity index (χ1v) is 17.1. The molecule has 8 aromatic carbocycles. The zero-order chi connectivity index (χ0) is 32.9. The third kappa shape index (κ3) is 4.24. The summed E-state index contributed by atoms with van der Waals surface area (Å²) in [6.45, 7) is 6.90. The van der Waals surface area contributed by atoms with Crippen LogP contribution in [0.25, 0.3) is 93.0 Å². The van der Waals surface area contributed by atoms with E-state index in [1.807, 2.05) is 12.3 Å². The lowest BCUT2D eigenvalue weighted by atomic mass is 9.81. The van der Waals surface area contributed by atoms with Crippen LogP contribution >= 0.6 is 0 Å². The summed E-state index contributed by atoms with van der Waals surface area (Å²) in [5, 5.41) is 11.5. The van der Waals surface area contributed by atoms with Gasteiger partial charge in [0.05, 0.1) is 16.6 Å². The lowest BCUT2D eigenvalue weighted by Gasteiger charge is -2.23. The Bertz CT molecular complexity index is 2830. The highest BCUT2D eigenvalue weighted by atomic mass is 15.0. The summed E-state index contributed by atoms with van der Waals surface area (Å²) in [5.41, 5.74) is 11.0. The molecule has 0 aliphatic rings. The minimum absolute atomic E-state index is 0.0675. The number of hydrogen-bond donors (Lipinski definition) is 0. The topological polar surface area (TPSA) is 17.8 Å². The fraction of sp³-hybridized carbons (Fsp3) is 0.0851. The zero-order valence-electron chi connectivity index (χ0n) is 27.8. The second-order valence-corrected chi connectivity index (χ2v) is 14.4. The van der Waals surface area contributed by atoms with E-state index in [0.717, 1.165) is 16.6 Å². The minimum Gasteiger partial charge on any atom is -0.309 e. The van der Waals surface area contributed by atoms with Crippen LogP contribution in [-0.4, -0.2) is 9.55 Å². The van der Waals surface area contributed by atoms with Gasteiger partial charge in [0, 0.05) is 28.0 Å². The molecule has 49 heavy (non-hydrogen) atoms. The normalized spacial score (nSPS) is 12.4. The van der Waals surface area contributed by atoms with Crippen molar-refractivity contribution in [2.24, 2.45) is 0 Å². The molecule has 0 unspecified atom stereocenters. The van der Waals surface area contributed by atoms with Gasteiger partial charge in [0.2, 0.25) is 0 Å². The van der Waals surface area contributed by atoms with Gasteiger partial charge in [0.1, 0.15) is 0 Å². The Hall–Kier alpha value is -5.99. The quantitative estimate of drug-likeness (QED) is 0.178. The molecular weight excluding hydrogens is 593 g/mol. The molecule has 2 heterocycles. The third-order valence-corrected chi connectivity index (χ3v) is 10.5. The fourth-order valence-corrected chi connectivity index (χ4v) is 8.06. The van der Waals surface area contributed by atoms with Crippen molar-refractivity contribution < 1.29 is 0 Å². The SMILES string of the molecule is CC(C)(C)c1cc2ccc3c(-c4ccc(-n5c6ccccc6c6ccccc65)cc4)cc(-c4ccc5ncccc5c4)c4ccc(c1)c2c34. The molecular formula is C47H34N2. The van der Waals surface area contributed by atoms with Crippen molar-refractivity contribution in [1.29, 1.82) is 0 Å². The van der Waals surface area contributed by atoms with Gasteiger partial charge < -0.3 is 4.57 Å². The number of fused-ring (bicyclic) bond motifs is 4. The summed E-state index contributed by atoms with van der Waals surface area (Å²) in [4.78, 5) is 4.60. The van der Waals surface area contributed by atoms with Crippen LogP contribution in [0.3, 0.4) is 0 Å². The Kier molecular flexibility index (Phi) is 5.87. The van der Waals surface area contributed by atoms with Gasteiger partial charge in [-0.2, -0.15) is 0 Å². The average molecular weight is 627 g/mol. The van der Waals surface area contributed by atoms with Crippen LogP contribution in [0.15, 0.2) is 152 Å². The van der Waals surface area contributed by atoms with Gasteiger partial charge in [0.15, 0.2) is 0 Å². The van der Waals surface area contributed by atoms with Crippen LogP contribution in [-0.2, 0) is 5.41 Å². The maximum Gasteiger partial charge on any atom is 0.0702 e. The highest BCUT2D eigenvalue weighted by Crippen LogP contribution is 2.45. The van der Waals surface area contributed by atoms with E-state index in [1.165, 1.54) is 81.9 Å². The van der Waals surface area contributed by atoms with Crippen molar-refractivity contribution in [3.05, 3.63) is 157 Å². The van der Waals surface area contributed by atoms with E-state index >= 15 is 0 Å². The van der Waals surface area contributed by atoms with Crippen molar-refractivity contribution in [3.63, 3.8) is 0 Å². The van der Waals surface area contributed by atoms with Crippen LogP contribution < -0.4 is 0 Å². The lowest BCUT2D eigenvalue weighted by Crippen LogP contribution is -2.10. The number of hydrogen-bond acceptors (Lipinski definition) is 1.